The van der Waals surface area contributed by atoms with Crippen molar-refractivity contribution in [3.8, 4) is 0 Å². The SMILES string of the molecule is CN1CCCCC1CNC(=O)N1CCOCC1C(=O)O. The molecule has 7 nitrogen and oxygen atoms in total. The Bertz CT molecular complexity index is 364. The topological polar surface area (TPSA) is 82.1 Å². The minimum absolute atomic E-state index is 0.0616. The predicted molar refractivity (Wildman–Crippen MR) is 72.6 cm³/mol. The Kier molecular flexibility index (Phi) is 5.19. The summed E-state index contributed by atoms with van der Waals surface area (Å²) in [7, 11) is 2.06. The summed E-state index contributed by atoms with van der Waals surface area (Å²) >= 11 is 0. The zero-order valence-corrected chi connectivity index (χ0v) is 11.9. The molecule has 2 N–H and O–H groups in total. The van der Waals surface area contributed by atoms with Gasteiger partial charge in [-0.1, -0.05) is 6.42 Å². The number of carbonyl (C=O) groups is 2. The molecule has 2 aliphatic heterocycles. The summed E-state index contributed by atoms with van der Waals surface area (Å²) in [5.41, 5.74) is 0. The maximum absolute atomic E-state index is 12.1. The summed E-state index contributed by atoms with van der Waals surface area (Å²) in [5.74, 6) is -1.02. The number of rotatable bonds is 3. The van der Waals surface area contributed by atoms with Gasteiger partial charge < -0.3 is 25.0 Å². The Morgan fingerprint density at radius 2 is 2.15 bits per heavy atom. The largest absolute Gasteiger partial charge is 0.480 e. The lowest BCUT2D eigenvalue weighted by molar-refractivity contribution is -0.147. The van der Waals surface area contributed by atoms with Gasteiger partial charge in [0.1, 0.15) is 0 Å². The number of carboxylic acids is 1. The van der Waals surface area contributed by atoms with Gasteiger partial charge in [-0.05, 0) is 26.4 Å². The first-order valence-electron chi connectivity index (χ1n) is 7.15. The summed E-state index contributed by atoms with van der Waals surface area (Å²) in [4.78, 5) is 26.9. The number of morpholine rings is 1. The molecule has 20 heavy (non-hydrogen) atoms. The van der Waals surface area contributed by atoms with Gasteiger partial charge >= 0.3 is 12.0 Å². The molecule has 0 aromatic rings. The van der Waals surface area contributed by atoms with Crippen molar-refractivity contribution in [3.05, 3.63) is 0 Å². The summed E-state index contributed by atoms with van der Waals surface area (Å²) in [5, 5.41) is 12.0. The molecule has 0 spiro atoms. The van der Waals surface area contributed by atoms with Crippen LogP contribution in [0.5, 0.6) is 0 Å². The van der Waals surface area contributed by atoms with Crippen molar-refractivity contribution < 1.29 is 19.4 Å². The second-order valence-electron chi connectivity index (χ2n) is 5.44. The minimum atomic E-state index is -1.02. The van der Waals surface area contributed by atoms with Crippen LogP contribution in [-0.4, -0.2) is 78.9 Å². The third-order valence-electron chi connectivity index (χ3n) is 4.08. The fourth-order valence-corrected chi connectivity index (χ4v) is 2.76. The molecule has 0 bridgehead atoms. The lowest BCUT2D eigenvalue weighted by Gasteiger charge is -2.35. The van der Waals surface area contributed by atoms with Crippen LogP contribution in [0, 0.1) is 0 Å². The number of nitrogens with one attached hydrogen (secondary N) is 1. The van der Waals surface area contributed by atoms with Crippen LogP contribution in [0.1, 0.15) is 19.3 Å². The lowest BCUT2D eigenvalue weighted by atomic mass is 10.0. The number of likely N-dealkylation sites (tertiary alicyclic amines) is 1. The lowest BCUT2D eigenvalue weighted by Crippen LogP contribution is -2.57. The Balaban J connectivity index is 1.85. The standard InChI is InChI=1S/C13H23N3O4/c1-15-5-3-2-4-10(15)8-14-13(19)16-6-7-20-9-11(16)12(17)18/h10-11H,2-9H2,1H3,(H,14,19)(H,17,18). The number of nitrogens with zero attached hydrogens (tertiary/aromatic N) is 2. The summed E-state index contributed by atoms with van der Waals surface area (Å²) < 4.78 is 5.12. The van der Waals surface area contributed by atoms with E-state index in [-0.39, 0.29) is 12.6 Å². The Morgan fingerprint density at radius 1 is 1.35 bits per heavy atom. The van der Waals surface area contributed by atoms with E-state index in [0.29, 0.717) is 25.7 Å². The average molecular weight is 285 g/mol. The van der Waals surface area contributed by atoms with E-state index in [1.165, 1.54) is 17.7 Å². The quantitative estimate of drug-likeness (QED) is 0.761. The van der Waals surface area contributed by atoms with Crippen LogP contribution in [-0.2, 0) is 9.53 Å². The van der Waals surface area contributed by atoms with Gasteiger partial charge in [-0.3, -0.25) is 0 Å². The maximum Gasteiger partial charge on any atom is 0.328 e. The summed E-state index contributed by atoms with van der Waals surface area (Å²) in [6.45, 7) is 2.39. The minimum Gasteiger partial charge on any atom is -0.480 e. The van der Waals surface area contributed by atoms with Gasteiger partial charge in [-0.2, -0.15) is 0 Å². The summed E-state index contributed by atoms with van der Waals surface area (Å²) in [6, 6.07) is -0.843. The van der Waals surface area contributed by atoms with Crippen molar-refractivity contribution in [2.45, 2.75) is 31.3 Å². The molecule has 0 aliphatic carbocycles. The van der Waals surface area contributed by atoms with Crippen LogP contribution in [0.25, 0.3) is 0 Å². The second-order valence-corrected chi connectivity index (χ2v) is 5.44. The van der Waals surface area contributed by atoms with Crippen molar-refractivity contribution >= 4 is 12.0 Å². The van der Waals surface area contributed by atoms with E-state index >= 15 is 0 Å². The van der Waals surface area contributed by atoms with Gasteiger partial charge in [0, 0.05) is 19.1 Å². The first-order chi connectivity index (χ1) is 9.59. The molecule has 7 heteroatoms. The molecule has 0 aromatic carbocycles. The molecule has 2 saturated heterocycles. The molecule has 2 heterocycles. The molecule has 2 unspecified atom stereocenters. The molecule has 2 atom stereocenters. The Labute approximate surface area is 118 Å². The molecular formula is C13H23N3O4. The maximum atomic E-state index is 12.1. The smallest absolute Gasteiger partial charge is 0.328 e. The molecule has 0 saturated carbocycles. The number of piperidine rings is 1. The van der Waals surface area contributed by atoms with Crippen molar-refractivity contribution in [1.29, 1.82) is 0 Å². The van der Waals surface area contributed by atoms with Gasteiger partial charge in [-0.15, -0.1) is 0 Å². The molecule has 2 amide bonds. The van der Waals surface area contributed by atoms with Gasteiger partial charge in [0.15, 0.2) is 6.04 Å². The molecule has 0 radical (unpaired) electrons. The monoisotopic (exact) mass is 285 g/mol. The number of carboxylic acid groups (broad SMARTS) is 1. The fourth-order valence-electron chi connectivity index (χ4n) is 2.76. The fraction of sp³-hybridized carbons (Fsp3) is 0.846. The number of aliphatic carboxylic acids is 1. The third kappa shape index (κ3) is 3.61. The van der Waals surface area contributed by atoms with Crippen LogP contribution in [0.15, 0.2) is 0 Å². The van der Waals surface area contributed by atoms with E-state index in [4.69, 9.17) is 9.84 Å². The van der Waals surface area contributed by atoms with Crippen LogP contribution in [0.2, 0.25) is 0 Å². The van der Waals surface area contributed by atoms with Gasteiger partial charge in [0.25, 0.3) is 0 Å². The molecule has 0 aromatic heterocycles. The van der Waals surface area contributed by atoms with Gasteiger partial charge in [-0.25, -0.2) is 9.59 Å². The molecule has 114 valence electrons. The number of carbonyl (C=O) groups excluding carboxylic acids is 1. The van der Waals surface area contributed by atoms with E-state index < -0.39 is 12.0 Å². The van der Waals surface area contributed by atoms with Crippen molar-refractivity contribution in [3.63, 3.8) is 0 Å². The molecule has 2 fully saturated rings. The highest BCUT2D eigenvalue weighted by Gasteiger charge is 2.33. The zero-order chi connectivity index (χ0) is 14.5. The van der Waals surface area contributed by atoms with Crippen LogP contribution in [0.4, 0.5) is 4.79 Å². The number of amides is 2. The highest BCUT2D eigenvalue weighted by atomic mass is 16.5. The second kappa shape index (κ2) is 6.90. The van der Waals surface area contributed by atoms with E-state index in [9.17, 15) is 9.59 Å². The number of hydrogen-bond donors (Lipinski definition) is 2. The van der Waals surface area contributed by atoms with Crippen molar-refractivity contribution in [2.75, 3.05) is 39.9 Å². The Hall–Kier alpha value is -1.34. The van der Waals surface area contributed by atoms with Gasteiger partial charge in [0.05, 0.1) is 13.2 Å². The Morgan fingerprint density at radius 3 is 2.85 bits per heavy atom. The van der Waals surface area contributed by atoms with Crippen LogP contribution >= 0.6 is 0 Å². The van der Waals surface area contributed by atoms with Crippen LogP contribution < -0.4 is 5.32 Å². The number of likely N-dealkylation sites (N-methyl/N-ethyl adjacent to an activating group) is 1. The average Bonchev–Trinajstić information content (AvgIpc) is 2.46. The normalized spacial score (nSPS) is 28.1. The predicted octanol–water partition coefficient (Wildman–Crippen LogP) is -0.0343. The van der Waals surface area contributed by atoms with E-state index in [2.05, 4.69) is 17.3 Å². The van der Waals surface area contributed by atoms with Gasteiger partial charge in [0.2, 0.25) is 0 Å². The van der Waals surface area contributed by atoms with E-state index in [1.807, 2.05) is 0 Å². The molecular weight excluding hydrogens is 262 g/mol. The van der Waals surface area contributed by atoms with E-state index in [1.54, 1.807) is 0 Å². The summed E-state index contributed by atoms with van der Waals surface area (Å²) in [6.07, 6.45) is 3.45. The zero-order valence-electron chi connectivity index (χ0n) is 11.9. The third-order valence-corrected chi connectivity index (χ3v) is 4.08. The number of ether oxygens (including phenoxy) is 1. The van der Waals surface area contributed by atoms with Crippen molar-refractivity contribution in [1.82, 2.24) is 15.1 Å². The first kappa shape index (κ1) is 15.1. The van der Waals surface area contributed by atoms with Crippen molar-refractivity contribution in [2.24, 2.45) is 0 Å². The van der Waals surface area contributed by atoms with Crippen LogP contribution in [0.3, 0.4) is 0 Å². The van der Waals surface area contributed by atoms with E-state index in [0.717, 1.165) is 13.0 Å². The number of hydrogen-bond acceptors (Lipinski definition) is 4. The highest BCUT2D eigenvalue weighted by molar-refractivity contribution is 5.83. The molecule has 2 rings (SSSR count). The number of urea groups is 1. The molecule has 2 aliphatic rings. The highest BCUT2D eigenvalue weighted by Crippen LogP contribution is 2.14. The first-order valence-corrected chi connectivity index (χ1v) is 7.15.